The zero-order chi connectivity index (χ0) is 11.3. The third kappa shape index (κ3) is 2.82. The molecule has 1 aromatic rings. The number of nitriles is 2. The number of nitrogens with one attached hydrogen (secondary N) is 1. The molecule has 15 heavy (non-hydrogen) atoms. The van der Waals surface area contributed by atoms with E-state index in [1.807, 2.05) is 0 Å². The van der Waals surface area contributed by atoms with E-state index >= 15 is 0 Å². The van der Waals surface area contributed by atoms with Crippen molar-refractivity contribution in [3.05, 3.63) is 41.4 Å². The molecule has 4 heteroatoms. The lowest BCUT2D eigenvalue weighted by Gasteiger charge is -2.02. The number of anilines is 1. The van der Waals surface area contributed by atoms with E-state index in [1.54, 1.807) is 31.2 Å². The number of halogens is 1. The first kappa shape index (κ1) is 10.7. The SMILES string of the molecule is Cc1ccc(NC=C(C#N)C#N)c(F)c1. The number of nitrogens with zero attached hydrogens (tertiary/aromatic N) is 2. The van der Waals surface area contributed by atoms with Crippen LogP contribution < -0.4 is 5.32 Å². The van der Waals surface area contributed by atoms with Gasteiger partial charge in [-0.25, -0.2) is 4.39 Å². The smallest absolute Gasteiger partial charge is 0.146 e. The molecule has 0 atom stereocenters. The van der Waals surface area contributed by atoms with Crippen LogP contribution in [0.25, 0.3) is 0 Å². The molecule has 1 aromatic carbocycles. The van der Waals surface area contributed by atoms with Crippen LogP contribution in [0.2, 0.25) is 0 Å². The van der Waals surface area contributed by atoms with Gasteiger partial charge in [-0.1, -0.05) is 6.07 Å². The molecule has 0 fully saturated rings. The number of allylic oxidation sites excluding steroid dienone is 1. The van der Waals surface area contributed by atoms with E-state index in [4.69, 9.17) is 10.5 Å². The van der Waals surface area contributed by atoms with Gasteiger partial charge in [0, 0.05) is 6.20 Å². The second kappa shape index (κ2) is 4.78. The molecule has 1 rings (SSSR count). The predicted molar refractivity (Wildman–Crippen MR) is 54.1 cm³/mol. The van der Waals surface area contributed by atoms with Crippen LogP contribution in [0.15, 0.2) is 30.0 Å². The molecule has 0 spiro atoms. The predicted octanol–water partition coefficient (Wildman–Crippen LogP) is 2.48. The van der Waals surface area contributed by atoms with Gasteiger partial charge < -0.3 is 5.32 Å². The van der Waals surface area contributed by atoms with E-state index in [9.17, 15) is 4.39 Å². The van der Waals surface area contributed by atoms with Gasteiger partial charge in [-0.2, -0.15) is 10.5 Å². The van der Waals surface area contributed by atoms with E-state index in [0.717, 1.165) is 5.56 Å². The Morgan fingerprint density at radius 3 is 2.60 bits per heavy atom. The van der Waals surface area contributed by atoms with Crippen LogP contribution in [0.1, 0.15) is 5.56 Å². The molecule has 3 nitrogen and oxygen atoms in total. The Balaban J connectivity index is 2.89. The average molecular weight is 201 g/mol. The van der Waals surface area contributed by atoms with Crippen LogP contribution in [-0.4, -0.2) is 0 Å². The van der Waals surface area contributed by atoms with E-state index in [-0.39, 0.29) is 11.3 Å². The Bertz CT molecular complexity index is 462. The van der Waals surface area contributed by atoms with Crippen LogP contribution in [0, 0.1) is 35.4 Å². The van der Waals surface area contributed by atoms with Crippen molar-refractivity contribution in [2.45, 2.75) is 6.92 Å². The van der Waals surface area contributed by atoms with Gasteiger partial charge in [0.15, 0.2) is 0 Å². The third-order valence-electron chi connectivity index (χ3n) is 1.74. The Morgan fingerprint density at radius 1 is 1.40 bits per heavy atom. The monoisotopic (exact) mass is 201 g/mol. The van der Waals surface area contributed by atoms with Crippen molar-refractivity contribution in [1.82, 2.24) is 0 Å². The summed E-state index contributed by atoms with van der Waals surface area (Å²) in [6.45, 7) is 1.78. The molecule has 0 unspecified atom stereocenters. The minimum atomic E-state index is -0.415. The van der Waals surface area contributed by atoms with Crippen molar-refractivity contribution in [1.29, 1.82) is 10.5 Å². The lowest BCUT2D eigenvalue weighted by Crippen LogP contribution is -1.93. The van der Waals surface area contributed by atoms with E-state index in [1.165, 1.54) is 12.3 Å². The lowest BCUT2D eigenvalue weighted by molar-refractivity contribution is 0.630. The summed E-state index contributed by atoms with van der Waals surface area (Å²) in [4.78, 5) is 0. The third-order valence-corrected chi connectivity index (χ3v) is 1.74. The maximum Gasteiger partial charge on any atom is 0.146 e. The Hall–Kier alpha value is -2.33. The molecule has 0 heterocycles. The van der Waals surface area contributed by atoms with Crippen molar-refractivity contribution in [2.75, 3.05) is 5.32 Å². The van der Waals surface area contributed by atoms with Crippen molar-refractivity contribution in [2.24, 2.45) is 0 Å². The standard InChI is InChI=1S/C11H8FN3/c1-8-2-3-11(10(12)4-8)15-7-9(5-13)6-14/h2-4,7,15H,1H3. The molecule has 0 saturated heterocycles. The fraction of sp³-hybridized carbons (Fsp3) is 0.0909. The first-order valence-electron chi connectivity index (χ1n) is 4.20. The van der Waals surface area contributed by atoms with Crippen LogP contribution in [0.5, 0.6) is 0 Å². The fourth-order valence-corrected chi connectivity index (χ4v) is 0.977. The number of benzene rings is 1. The maximum atomic E-state index is 13.3. The summed E-state index contributed by atoms with van der Waals surface area (Å²) >= 11 is 0. The summed E-state index contributed by atoms with van der Waals surface area (Å²) in [5.41, 5.74) is 0.946. The van der Waals surface area contributed by atoms with Gasteiger partial charge >= 0.3 is 0 Å². The molecule has 0 saturated carbocycles. The molecular weight excluding hydrogens is 193 g/mol. The maximum absolute atomic E-state index is 13.3. The van der Waals surface area contributed by atoms with Crippen molar-refractivity contribution in [3.8, 4) is 12.1 Å². The quantitative estimate of drug-likeness (QED) is 0.747. The second-order valence-corrected chi connectivity index (χ2v) is 2.91. The average Bonchev–Trinajstić information content (AvgIpc) is 2.22. The van der Waals surface area contributed by atoms with Gasteiger partial charge in [-0.3, -0.25) is 0 Å². The van der Waals surface area contributed by atoms with Crippen LogP contribution in [0.3, 0.4) is 0 Å². The molecule has 0 bridgehead atoms. The zero-order valence-electron chi connectivity index (χ0n) is 8.08. The van der Waals surface area contributed by atoms with Crippen LogP contribution in [0.4, 0.5) is 10.1 Å². The highest BCUT2D eigenvalue weighted by Gasteiger charge is 2.00. The molecular formula is C11H8FN3. The number of hydrogen-bond acceptors (Lipinski definition) is 3. The molecule has 0 aliphatic rings. The summed E-state index contributed by atoms with van der Waals surface area (Å²) < 4.78 is 13.3. The van der Waals surface area contributed by atoms with Crippen molar-refractivity contribution in [3.63, 3.8) is 0 Å². The summed E-state index contributed by atoms with van der Waals surface area (Å²) in [7, 11) is 0. The summed E-state index contributed by atoms with van der Waals surface area (Å²) in [5, 5.41) is 19.4. The highest BCUT2D eigenvalue weighted by molar-refractivity contribution is 5.51. The van der Waals surface area contributed by atoms with E-state index in [2.05, 4.69) is 5.32 Å². The van der Waals surface area contributed by atoms with Gasteiger partial charge in [-0.15, -0.1) is 0 Å². The van der Waals surface area contributed by atoms with Crippen molar-refractivity contribution >= 4 is 5.69 Å². The molecule has 1 N–H and O–H groups in total. The van der Waals surface area contributed by atoms with Gasteiger partial charge in [-0.05, 0) is 24.6 Å². The topological polar surface area (TPSA) is 59.6 Å². The molecule has 0 aliphatic carbocycles. The minimum absolute atomic E-state index is 0.102. The van der Waals surface area contributed by atoms with Crippen LogP contribution in [-0.2, 0) is 0 Å². The molecule has 0 radical (unpaired) electrons. The van der Waals surface area contributed by atoms with Gasteiger partial charge in [0.25, 0.3) is 0 Å². The zero-order valence-corrected chi connectivity index (χ0v) is 8.08. The lowest BCUT2D eigenvalue weighted by atomic mass is 10.2. The fourth-order valence-electron chi connectivity index (χ4n) is 0.977. The summed E-state index contributed by atoms with van der Waals surface area (Å²) in [5.74, 6) is -0.415. The van der Waals surface area contributed by atoms with Gasteiger partial charge in [0.2, 0.25) is 0 Å². The molecule has 74 valence electrons. The Morgan fingerprint density at radius 2 is 2.07 bits per heavy atom. The van der Waals surface area contributed by atoms with Gasteiger partial charge in [0.1, 0.15) is 23.5 Å². The Kier molecular flexibility index (Phi) is 3.43. The molecule has 0 amide bonds. The first-order valence-corrected chi connectivity index (χ1v) is 4.20. The number of rotatable bonds is 2. The molecule has 0 aliphatic heterocycles. The van der Waals surface area contributed by atoms with E-state index < -0.39 is 5.82 Å². The second-order valence-electron chi connectivity index (χ2n) is 2.91. The number of aryl methyl sites for hydroxylation is 1. The minimum Gasteiger partial charge on any atom is -0.357 e. The first-order chi connectivity index (χ1) is 7.17. The Labute approximate surface area is 87.1 Å². The summed E-state index contributed by atoms with van der Waals surface area (Å²) in [6.07, 6.45) is 1.17. The molecule has 0 aromatic heterocycles. The normalized spacial score (nSPS) is 8.53. The van der Waals surface area contributed by atoms with Gasteiger partial charge in [0.05, 0.1) is 5.69 Å². The van der Waals surface area contributed by atoms with Crippen LogP contribution >= 0.6 is 0 Å². The highest BCUT2D eigenvalue weighted by atomic mass is 19.1. The highest BCUT2D eigenvalue weighted by Crippen LogP contribution is 2.15. The summed E-state index contributed by atoms with van der Waals surface area (Å²) in [6, 6.07) is 7.99. The largest absolute Gasteiger partial charge is 0.357 e. The van der Waals surface area contributed by atoms with E-state index in [0.29, 0.717) is 0 Å². The van der Waals surface area contributed by atoms with Crippen molar-refractivity contribution < 1.29 is 4.39 Å². The number of hydrogen-bond donors (Lipinski definition) is 1.